The first-order valence-electron chi connectivity index (χ1n) is 5.85. The van der Waals surface area contributed by atoms with Crippen molar-refractivity contribution in [2.45, 2.75) is 33.1 Å². The number of aromatic nitrogens is 1. The molecule has 1 unspecified atom stereocenters. The zero-order chi connectivity index (χ0) is 11.5. The molecule has 1 N–H and O–H groups in total. The largest absolute Gasteiger partial charge is 0.356 e. The average molecular weight is 238 g/mol. The van der Waals surface area contributed by atoms with E-state index in [4.69, 9.17) is 0 Å². The maximum Gasteiger partial charge on any atom is 0.223 e. The van der Waals surface area contributed by atoms with Crippen molar-refractivity contribution in [1.82, 2.24) is 10.3 Å². The molecule has 1 aromatic heterocycles. The van der Waals surface area contributed by atoms with Crippen LogP contribution in [0.4, 0.5) is 0 Å². The molecule has 0 aromatic carbocycles. The van der Waals surface area contributed by atoms with Crippen LogP contribution in [0.25, 0.3) is 0 Å². The van der Waals surface area contributed by atoms with Crippen molar-refractivity contribution in [3.05, 3.63) is 16.1 Å². The van der Waals surface area contributed by atoms with Crippen LogP contribution >= 0.6 is 11.3 Å². The van der Waals surface area contributed by atoms with Gasteiger partial charge in [-0.25, -0.2) is 4.98 Å². The number of carbonyl (C=O) groups is 1. The molecule has 0 bridgehead atoms. The third-order valence-electron chi connectivity index (χ3n) is 2.94. The second-order valence-electron chi connectivity index (χ2n) is 4.80. The van der Waals surface area contributed by atoms with Crippen molar-refractivity contribution < 1.29 is 4.79 Å². The third kappa shape index (κ3) is 2.61. The molecule has 1 amide bonds. The van der Waals surface area contributed by atoms with Gasteiger partial charge in [0.25, 0.3) is 0 Å². The number of hydrogen-bond acceptors (Lipinski definition) is 3. The molecule has 2 rings (SSSR count). The molecule has 4 heteroatoms. The summed E-state index contributed by atoms with van der Waals surface area (Å²) in [5.74, 6) is 0.894. The second kappa shape index (κ2) is 4.95. The molecule has 0 saturated heterocycles. The van der Waals surface area contributed by atoms with E-state index in [1.54, 1.807) is 11.3 Å². The van der Waals surface area contributed by atoms with Gasteiger partial charge in [-0.05, 0) is 25.2 Å². The van der Waals surface area contributed by atoms with E-state index in [-0.39, 0.29) is 11.8 Å². The predicted molar refractivity (Wildman–Crippen MR) is 65.5 cm³/mol. The fraction of sp³-hybridized carbons (Fsp3) is 0.667. The molecule has 1 aromatic rings. The summed E-state index contributed by atoms with van der Waals surface area (Å²) in [6, 6.07) is 0. The molecule has 0 fully saturated rings. The van der Waals surface area contributed by atoms with Gasteiger partial charge in [0.2, 0.25) is 5.91 Å². The molecule has 16 heavy (non-hydrogen) atoms. The van der Waals surface area contributed by atoms with Crippen LogP contribution in [0.2, 0.25) is 0 Å². The summed E-state index contributed by atoms with van der Waals surface area (Å²) in [5, 5.41) is 3.02. The molecule has 1 aliphatic rings. The van der Waals surface area contributed by atoms with Crippen molar-refractivity contribution in [3.63, 3.8) is 0 Å². The molecule has 1 aliphatic carbocycles. The van der Waals surface area contributed by atoms with Crippen molar-refractivity contribution in [2.75, 3.05) is 6.54 Å². The Kier molecular flexibility index (Phi) is 3.59. The maximum atomic E-state index is 11.9. The minimum absolute atomic E-state index is 0.159. The van der Waals surface area contributed by atoms with Crippen LogP contribution in [0.1, 0.15) is 30.8 Å². The second-order valence-corrected chi connectivity index (χ2v) is 5.74. The summed E-state index contributed by atoms with van der Waals surface area (Å²) in [6.45, 7) is 5.01. The van der Waals surface area contributed by atoms with Crippen LogP contribution in [0.15, 0.2) is 5.51 Å². The highest BCUT2D eigenvalue weighted by atomic mass is 32.1. The Morgan fingerprint density at radius 3 is 3.25 bits per heavy atom. The number of hydrogen-bond donors (Lipinski definition) is 1. The first-order chi connectivity index (χ1) is 7.66. The zero-order valence-electron chi connectivity index (χ0n) is 9.82. The lowest BCUT2D eigenvalue weighted by molar-refractivity contribution is -0.125. The lowest BCUT2D eigenvalue weighted by Crippen LogP contribution is -2.35. The fourth-order valence-electron chi connectivity index (χ4n) is 1.97. The molecule has 88 valence electrons. The van der Waals surface area contributed by atoms with E-state index in [0.717, 1.165) is 25.8 Å². The van der Waals surface area contributed by atoms with Gasteiger partial charge in [-0.1, -0.05) is 13.8 Å². The van der Waals surface area contributed by atoms with Gasteiger partial charge in [0.1, 0.15) is 0 Å². The van der Waals surface area contributed by atoms with Gasteiger partial charge in [-0.2, -0.15) is 0 Å². The fourth-order valence-corrected chi connectivity index (χ4v) is 2.87. The van der Waals surface area contributed by atoms with Crippen LogP contribution in [0.5, 0.6) is 0 Å². The molecule has 0 aliphatic heterocycles. The summed E-state index contributed by atoms with van der Waals surface area (Å²) in [6.07, 6.45) is 2.78. The number of carbonyl (C=O) groups excluding carboxylic acids is 1. The monoisotopic (exact) mass is 238 g/mol. The normalized spacial score (nSPS) is 19.6. The van der Waals surface area contributed by atoms with E-state index in [9.17, 15) is 4.79 Å². The van der Waals surface area contributed by atoms with Crippen LogP contribution in [-0.4, -0.2) is 17.4 Å². The van der Waals surface area contributed by atoms with E-state index in [2.05, 4.69) is 24.1 Å². The molecule has 0 radical (unpaired) electrons. The van der Waals surface area contributed by atoms with Crippen LogP contribution in [0.3, 0.4) is 0 Å². The van der Waals surface area contributed by atoms with E-state index in [1.165, 1.54) is 10.6 Å². The summed E-state index contributed by atoms with van der Waals surface area (Å²) in [7, 11) is 0. The summed E-state index contributed by atoms with van der Waals surface area (Å²) in [5.41, 5.74) is 3.09. The predicted octanol–water partition coefficient (Wildman–Crippen LogP) is 2.02. The number of amides is 1. The van der Waals surface area contributed by atoms with E-state index in [0.29, 0.717) is 5.92 Å². The number of fused-ring (bicyclic) bond motifs is 1. The summed E-state index contributed by atoms with van der Waals surface area (Å²) < 4.78 is 0. The SMILES string of the molecule is CC(C)CNC(=O)C1CCc2ncsc2C1. The van der Waals surface area contributed by atoms with Gasteiger partial charge in [-0.15, -0.1) is 11.3 Å². The third-order valence-corrected chi connectivity index (χ3v) is 3.84. The van der Waals surface area contributed by atoms with E-state index >= 15 is 0 Å². The standard InChI is InChI=1S/C12H18N2OS/c1-8(2)6-13-12(15)9-3-4-10-11(5-9)16-7-14-10/h7-9H,3-6H2,1-2H3,(H,13,15). The van der Waals surface area contributed by atoms with Crippen molar-refractivity contribution in [1.29, 1.82) is 0 Å². The average Bonchev–Trinajstić information content (AvgIpc) is 2.72. The first kappa shape index (κ1) is 11.6. The van der Waals surface area contributed by atoms with Crippen molar-refractivity contribution in [3.8, 4) is 0 Å². The Hall–Kier alpha value is -0.900. The molecular weight excluding hydrogens is 220 g/mol. The van der Waals surface area contributed by atoms with Crippen LogP contribution < -0.4 is 5.32 Å². The Morgan fingerprint density at radius 2 is 2.50 bits per heavy atom. The zero-order valence-corrected chi connectivity index (χ0v) is 10.6. The summed E-state index contributed by atoms with van der Waals surface area (Å²) >= 11 is 1.68. The van der Waals surface area contributed by atoms with Crippen LogP contribution in [0, 0.1) is 11.8 Å². The van der Waals surface area contributed by atoms with Gasteiger partial charge < -0.3 is 5.32 Å². The van der Waals surface area contributed by atoms with Gasteiger partial charge in [-0.3, -0.25) is 4.79 Å². The number of aryl methyl sites for hydroxylation is 1. The Bertz CT molecular complexity index is 373. The maximum absolute atomic E-state index is 11.9. The van der Waals surface area contributed by atoms with Crippen LogP contribution in [-0.2, 0) is 17.6 Å². The number of nitrogens with one attached hydrogen (secondary N) is 1. The number of thiazole rings is 1. The van der Waals surface area contributed by atoms with Crippen molar-refractivity contribution in [2.24, 2.45) is 11.8 Å². The lowest BCUT2D eigenvalue weighted by Gasteiger charge is -2.21. The summed E-state index contributed by atoms with van der Waals surface area (Å²) in [4.78, 5) is 17.5. The van der Waals surface area contributed by atoms with E-state index < -0.39 is 0 Å². The smallest absolute Gasteiger partial charge is 0.223 e. The van der Waals surface area contributed by atoms with Gasteiger partial charge >= 0.3 is 0 Å². The first-order valence-corrected chi connectivity index (χ1v) is 6.73. The molecule has 3 nitrogen and oxygen atoms in total. The molecular formula is C12H18N2OS. The molecule has 1 atom stereocenters. The van der Waals surface area contributed by atoms with Gasteiger partial charge in [0.15, 0.2) is 0 Å². The Labute approximate surface area is 100 Å². The molecule has 0 saturated carbocycles. The Balaban J connectivity index is 1.90. The lowest BCUT2D eigenvalue weighted by atomic mass is 9.90. The topological polar surface area (TPSA) is 42.0 Å². The van der Waals surface area contributed by atoms with E-state index in [1.807, 2.05) is 5.51 Å². The number of rotatable bonds is 3. The highest BCUT2D eigenvalue weighted by Gasteiger charge is 2.25. The highest BCUT2D eigenvalue weighted by Crippen LogP contribution is 2.27. The van der Waals surface area contributed by atoms with Gasteiger partial charge in [0.05, 0.1) is 11.2 Å². The quantitative estimate of drug-likeness (QED) is 0.875. The molecule has 1 heterocycles. The van der Waals surface area contributed by atoms with Gasteiger partial charge in [0, 0.05) is 17.3 Å². The molecule has 0 spiro atoms. The minimum Gasteiger partial charge on any atom is -0.356 e. The minimum atomic E-state index is 0.159. The Morgan fingerprint density at radius 1 is 1.69 bits per heavy atom. The number of nitrogens with zero attached hydrogens (tertiary/aromatic N) is 1. The highest BCUT2D eigenvalue weighted by molar-refractivity contribution is 7.09. The van der Waals surface area contributed by atoms with Crippen molar-refractivity contribution >= 4 is 17.2 Å².